The maximum absolute atomic E-state index is 12.6. The highest BCUT2D eigenvalue weighted by Gasteiger charge is 2.27. The van der Waals surface area contributed by atoms with Gasteiger partial charge in [-0.1, -0.05) is 6.42 Å². The Kier molecular flexibility index (Phi) is 5.36. The van der Waals surface area contributed by atoms with Crippen LogP contribution in [0.3, 0.4) is 0 Å². The van der Waals surface area contributed by atoms with Crippen LogP contribution in [0.4, 0.5) is 11.5 Å². The predicted octanol–water partition coefficient (Wildman–Crippen LogP) is 2.08. The molecule has 1 aliphatic heterocycles. The summed E-state index contributed by atoms with van der Waals surface area (Å²) in [6.45, 7) is 1.14. The van der Waals surface area contributed by atoms with Crippen LogP contribution >= 0.6 is 11.3 Å². The number of nitrogens with two attached hydrogens (primary N) is 1. The Bertz CT molecular complexity index is 841. The lowest BCUT2D eigenvalue weighted by molar-refractivity contribution is -0.115. The first-order valence-electron chi connectivity index (χ1n) is 8.05. The Morgan fingerprint density at radius 1 is 1.20 bits per heavy atom. The molecule has 2 aromatic rings. The molecule has 1 amide bonds. The molecule has 0 aliphatic carbocycles. The fourth-order valence-electron chi connectivity index (χ4n) is 2.67. The average Bonchev–Trinajstić information content (AvgIpc) is 3.07. The molecule has 1 aliphatic rings. The number of anilines is 2. The molecular formula is C16H20N4O3S2. The van der Waals surface area contributed by atoms with E-state index in [1.807, 2.05) is 0 Å². The van der Waals surface area contributed by atoms with Gasteiger partial charge < -0.3 is 11.1 Å². The second kappa shape index (κ2) is 7.51. The van der Waals surface area contributed by atoms with Gasteiger partial charge in [0.25, 0.3) is 10.0 Å². The minimum atomic E-state index is -3.44. The van der Waals surface area contributed by atoms with Gasteiger partial charge in [0.1, 0.15) is 10.0 Å². The number of rotatable bonds is 5. The monoisotopic (exact) mass is 380 g/mol. The number of hydrogen-bond donors (Lipinski definition) is 2. The number of pyridine rings is 1. The van der Waals surface area contributed by atoms with E-state index in [2.05, 4.69) is 10.3 Å². The molecule has 1 fully saturated rings. The van der Waals surface area contributed by atoms with Crippen LogP contribution in [0.25, 0.3) is 0 Å². The van der Waals surface area contributed by atoms with Crippen molar-refractivity contribution in [1.29, 1.82) is 0 Å². The van der Waals surface area contributed by atoms with Crippen LogP contribution in [0.5, 0.6) is 0 Å². The van der Waals surface area contributed by atoms with Crippen molar-refractivity contribution in [3.05, 3.63) is 35.3 Å². The summed E-state index contributed by atoms with van der Waals surface area (Å²) >= 11 is 1.15. The zero-order chi connectivity index (χ0) is 17.9. The van der Waals surface area contributed by atoms with Crippen LogP contribution in [0.15, 0.2) is 34.7 Å². The molecule has 0 unspecified atom stereocenters. The molecule has 1 saturated heterocycles. The average molecular weight is 380 g/mol. The van der Waals surface area contributed by atoms with Crippen LogP contribution in [-0.4, -0.2) is 36.7 Å². The zero-order valence-corrected chi connectivity index (χ0v) is 15.3. The van der Waals surface area contributed by atoms with Crippen LogP contribution in [0.2, 0.25) is 0 Å². The van der Waals surface area contributed by atoms with Crippen molar-refractivity contribution in [3.63, 3.8) is 0 Å². The lowest BCUT2D eigenvalue weighted by atomic mass is 10.2. The normalized spacial score (nSPS) is 15.8. The number of sulfonamides is 1. The summed E-state index contributed by atoms with van der Waals surface area (Å²) in [4.78, 5) is 16.7. The Morgan fingerprint density at radius 3 is 2.64 bits per heavy atom. The third kappa shape index (κ3) is 4.36. The standard InChI is InChI=1S/C16H20N4O3S2/c17-14-6-4-12(11-18-14)19-15(21)10-13-5-7-16(24-13)25(22,23)20-8-2-1-3-9-20/h4-7,11H,1-3,8-10H2,(H2,17,18)(H,19,21). The van der Waals surface area contributed by atoms with E-state index in [-0.39, 0.29) is 12.3 Å². The first kappa shape index (κ1) is 17.8. The van der Waals surface area contributed by atoms with E-state index in [0.29, 0.717) is 33.7 Å². The summed E-state index contributed by atoms with van der Waals surface area (Å²) in [7, 11) is -3.44. The van der Waals surface area contributed by atoms with E-state index in [9.17, 15) is 13.2 Å². The van der Waals surface area contributed by atoms with Gasteiger partial charge >= 0.3 is 0 Å². The molecule has 25 heavy (non-hydrogen) atoms. The van der Waals surface area contributed by atoms with Gasteiger partial charge in [0, 0.05) is 18.0 Å². The van der Waals surface area contributed by atoms with E-state index < -0.39 is 10.0 Å². The van der Waals surface area contributed by atoms with Gasteiger partial charge in [0.2, 0.25) is 5.91 Å². The topological polar surface area (TPSA) is 105 Å². The lowest BCUT2D eigenvalue weighted by Crippen LogP contribution is -2.35. The number of nitrogen functional groups attached to an aromatic ring is 1. The van der Waals surface area contributed by atoms with Gasteiger partial charge in [0.05, 0.1) is 18.3 Å². The number of amides is 1. The third-order valence-electron chi connectivity index (χ3n) is 3.95. The van der Waals surface area contributed by atoms with E-state index >= 15 is 0 Å². The lowest BCUT2D eigenvalue weighted by Gasteiger charge is -2.25. The first-order valence-corrected chi connectivity index (χ1v) is 10.3. The molecule has 3 heterocycles. The minimum Gasteiger partial charge on any atom is -0.384 e. The summed E-state index contributed by atoms with van der Waals surface area (Å²) in [5.41, 5.74) is 6.06. The van der Waals surface area contributed by atoms with Crippen molar-refractivity contribution in [1.82, 2.24) is 9.29 Å². The first-order chi connectivity index (χ1) is 11.9. The number of nitrogens with one attached hydrogen (secondary N) is 1. The number of nitrogens with zero attached hydrogens (tertiary/aromatic N) is 2. The Morgan fingerprint density at radius 2 is 1.96 bits per heavy atom. The molecule has 0 aromatic carbocycles. The van der Waals surface area contributed by atoms with E-state index in [1.165, 1.54) is 10.5 Å². The Hall–Kier alpha value is -1.97. The van der Waals surface area contributed by atoms with E-state index in [0.717, 1.165) is 30.6 Å². The van der Waals surface area contributed by atoms with E-state index in [1.54, 1.807) is 24.3 Å². The van der Waals surface area contributed by atoms with Gasteiger partial charge in [-0.25, -0.2) is 13.4 Å². The number of hydrogen-bond acceptors (Lipinski definition) is 6. The van der Waals surface area contributed by atoms with Crippen molar-refractivity contribution in [2.24, 2.45) is 0 Å². The number of piperidine rings is 1. The molecule has 3 N–H and O–H groups in total. The number of aromatic nitrogens is 1. The minimum absolute atomic E-state index is 0.116. The fraction of sp³-hybridized carbons (Fsp3) is 0.375. The molecular weight excluding hydrogens is 360 g/mol. The molecule has 3 rings (SSSR count). The van der Waals surface area contributed by atoms with E-state index in [4.69, 9.17) is 5.73 Å². The summed E-state index contributed by atoms with van der Waals surface area (Å²) in [5, 5.41) is 2.72. The van der Waals surface area contributed by atoms with Crippen LogP contribution in [0, 0.1) is 0 Å². The van der Waals surface area contributed by atoms with Crippen LogP contribution < -0.4 is 11.1 Å². The molecule has 0 atom stereocenters. The maximum atomic E-state index is 12.6. The zero-order valence-electron chi connectivity index (χ0n) is 13.6. The Labute approximate surface area is 150 Å². The predicted molar refractivity (Wildman–Crippen MR) is 97.9 cm³/mol. The molecule has 0 spiro atoms. The van der Waals surface area contributed by atoms with Crippen LogP contribution in [0.1, 0.15) is 24.1 Å². The van der Waals surface area contributed by atoms with Gasteiger partial charge in [0.15, 0.2) is 0 Å². The largest absolute Gasteiger partial charge is 0.384 e. The molecule has 9 heteroatoms. The smallest absolute Gasteiger partial charge is 0.252 e. The highest BCUT2D eigenvalue weighted by Crippen LogP contribution is 2.27. The molecule has 7 nitrogen and oxygen atoms in total. The summed E-state index contributed by atoms with van der Waals surface area (Å²) in [6, 6.07) is 6.55. The molecule has 2 aromatic heterocycles. The van der Waals surface area contributed by atoms with Crippen molar-refractivity contribution < 1.29 is 13.2 Å². The summed E-state index contributed by atoms with van der Waals surface area (Å²) in [6.07, 6.45) is 4.46. The highest BCUT2D eigenvalue weighted by atomic mass is 32.2. The SMILES string of the molecule is Nc1ccc(NC(=O)Cc2ccc(S(=O)(=O)N3CCCCC3)s2)cn1. The van der Waals surface area contributed by atoms with Gasteiger partial charge in [-0.2, -0.15) is 4.31 Å². The van der Waals surface area contributed by atoms with Crippen molar-refractivity contribution in [3.8, 4) is 0 Å². The van der Waals surface area contributed by atoms with Gasteiger partial charge in [-0.05, 0) is 37.1 Å². The fourth-order valence-corrected chi connectivity index (χ4v) is 5.69. The van der Waals surface area contributed by atoms with Gasteiger partial charge in [-0.3, -0.25) is 4.79 Å². The second-order valence-corrected chi connectivity index (χ2v) is 9.22. The molecule has 0 bridgehead atoms. The highest BCUT2D eigenvalue weighted by molar-refractivity contribution is 7.91. The number of carbonyl (C=O) groups is 1. The number of thiophene rings is 1. The molecule has 0 radical (unpaired) electrons. The summed E-state index contributed by atoms with van der Waals surface area (Å²) in [5.74, 6) is 0.152. The Balaban J connectivity index is 1.64. The van der Waals surface area contributed by atoms with Crippen molar-refractivity contribution >= 4 is 38.8 Å². The van der Waals surface area contributed by atoms with Crippen LogP contribution in [-0.2, 0) is 21.2 Å². The van der Waals surface area contributed by atoms with Crippen molar-refractivity contribution in [2.45, 2.75) is 29.9 Å². The quantitative estimate of drug-likeness (QED) is 0.826. The van der Waals surface area contributed by atoms with Gasteiger partial charge in [-0.15, -0.1) is 11.3 Å². The number of carbonyl (C=O) groups excluding carboxylic acids is 1. The summed E-state index contributed by atoms with van der Waals surface area (Å²) < 4.78 is 27.1. The maximum Gasteiger partial charge on any atom is 0.252 e. The second-order valence-electron chi connectivity index (χ2n) is 5.88. The third-order valence-corrected chi connectivity index (χ3v) is 7.40. The molecule has 0 saturated carbocycles. The molecule has 134 valence electrons. The van der Waals surface area contributed by atoms with Crippen molar-refractivity contribution in [2.75, 3.05) is 24.1 Å².